The van der Waals surface area contributed by atoms with Crippen LogP contribution in [0.15, 0.2) is 0 Å². The molecule has 5 heteroatoms. The van der Waals surface area contributed by atoms with E-state index in [0.717, 1.165) is 58.0 Å². The molecule has 0 heterocycles. The van der Waals surface area contributed by atoms with Crippen LogP contribution in [0.4, 0.5) is 0 Å². The summed E-state index contributed by atoms with van der Waals surface area (Å²) in [4.78, 5) is 13.9. The molecule has 0 radical (unpaired) electrons. The molecule has 1 atom stereocenters. The predicted molar refractivity (Wildman–Crippen MR) is 86.2 cm³/mol. The number of primary amides is 1. The number of ether oxygens (including phenoxy) is 1. The highest BCUT2D eigenvalue weighted by Gasteiger charge is 2.29. The third kappa shape index (κ3) is 7.79. The standard InChI is InChI=1S/C16H33N3O2/c1-4-9-18-16(2,15(17)20)8-5-10-19(3)11-12-21-13-14-6-7-14/h14,18H,4-13H2,1-3H3,(H2,17,20). The van der Waals surface area contributed by atoms with Gasteiger partial charge in [0.15, 0.2) is 0 Å². The maximum absolute atomic E-state index is 11.6. The van der Waals surface area contributed by atoms with Crippen LogP contribution in [0.5, 0.6) is 0 Å². The van der Waals surface area contributed by atoms with E-state index in [1.807, 2.05) is 6.92 Å². The van der Waals surface area contributed by atoms with Crippen molar-refractivity contribution >= 4 is 5.91 Å². The normalized spacial score (nSPS) is 17.9. The smallest absolute Gasteiger partial charge is 0.237 e. The molecule has 0 bridgehead atoms. The number of hydrogen-bond acceptors (Lipinski definition) is 4. The van der Waals surface area contributed by atoms with Gasteiger partial charge in [0.05, 0.1) is 12.1 Å². The summed E-state index contributed by atoms with van der Waals surface area (Å²) in [5, 5.41) is 3.27. The third-order valence-corrected chi connectivity index (χ3v) is 4.19. The van der Waals surface area contributed by atoms with E-state index in [4.69, 9.17) is 10.5 Å². The Morgan fingerprint density at radius 1 is 1.43 bits per heavy atom. The molecule has 1 saturated carbocycles. The van der Waals surface area contributed by atoms with Crippen molar-refractivity contribution in [3.63, 3.8) is 0 Å². The fraction of sp³-hybridized carbons (Fsp3) is 0.938. The monoisotopic (exact) mass is 299 g/mol. The second-order valence-electron chi connectivity index (χ2n) is 6.55. The first-order chi connectivity index (χ1) is 9.98. The molecule has 0 aromatic carbocycles. The molecule has 5 nitrogen and oxygen atoms in total. The Balaban J connectivity index is 2.11. The molecule has 0 aromatic heterocycles. The van der Waals surface area contributed by atoms with Crippen molar-refractivity contribution in [1.82, 2.24) is 10.2 Å². The van der Waals surface area contributed by atoms with Crippen molar-refractivity contribution in [2.45, 2.75) is 51.5 Å². The zero-order chi connectivity index (χ0) is 15.7. The van der Waals surface area contributed by atoms with Gasteiger partial charge in [0.1, 0.15) is 0 Å². The van der Waals surface area contributed by atoms with Gasteiger partial charge in [-0.25, -0.2) is 0 Å². The number of hydrogen-bond donors (Lipinski definition) is 2. The highest BCUT2D eigenvalue weighted by molar-refractivity contribution is 5.84. The number of rotatable bonds is 13. The average molecular weight is 299 g/mol. The summed E-state index contributed by atoms with van der Waals surface area (Å²) in [6.07, 6.45) is 5.41. The largest absolute Gasteiger partial charge is 0.380 e. The summed E-state index contributed by atoms with van der Waals surface area (Å²) in [6, 6.07) is 0. The predicted octanol–water partition coefficient (Wildman–Crippen LogP) is 1.37. The van der Waals surface area contributed by atoms with Crippen LogP contribution in [0.2, 0.25) is 0 Å². The van der Waals surface area contributed by atoms with Gasteiger partial charge in [-0.3, -0.25) is 4.79 Å². The molecule has 1 amide bonds. The van der Waals surface area contributed by atoms with Gasteiger partial charge in [-0.05, 0) is 65.1 Å². The molecule has 1 aliphatic carbocycles. The average Bonchev–Trinajstić information content (AvgIpc) is 3.25. The molecule has 1 fully saturated rings. The van der Waals surface area contributed by atoms with E-state index in [2.05, 4.69) is 24.2 Å². The van der Waals surface area contributed by atoms with Gasteiger partial charge in [0.25, 0.3) is 0 Å². The van der Waals surface area contributed by atoms with Crippen molar-refractivity contribution < 1.29 is 9.53 Å². The number of amides is 1. The zero-order valence-electron chi connectivity index (χ0n) is 14.0. The molecule has 1 aliphatic rings. The minimum absolute atomic E-state index is 0.258. The lowest BCUT2D eigenvalue weighted by atomic mass is 9.94. The van der Waals surface area contributed by atoms with Crippen molar-refractivity contribution in [1.29, 1.82) is 0 Å². The highest BCUT2D eigenvalue weighted by atomic mass is 16.5. The van der Waals surface area contributed by atoms with E-state index in [0.29, 0.717) is 0 Å². The summed E-state index contributed by atoms with van der Waals surface area (Å²) in [7, 11) is 2.10. The summed E-state index contributed by atoms with van der Waals surface area (Å²) in [6.45, 7) is 8.45. The van der Waals surface area contributed by atoms with Crippen molar-refractivity contribution in [3.05, 3.63) is 0 Å². The lowest BCUT2D eigenvalue weighted by molar-refractivity contribution is -0.124. The van der Waals surface area contributed by atoms with Gasteiger partial charge in [0.2, 0.25) is 5.91 Å². The third-order valence-electron chi connectivity index (χ3n) is 4.19. The van der Waals surface area contributed by atoms with Gasteiger partial charge in [-0.1, -0.05) is 6.92 Å². The van der Waals surface area contributed by atoms with Crippen LogP contribution in [0, 0.1) is 5.92 Å². The maximum atomic E-state index is 11.6. The molecule has 1 unspecified atom stereocenters. The SMILES string of the molecule is CCCNC(C)(CCCN(C)CCOCC1CC1)C(N)=O. The van der Waals surface area contributed by atoms with E-state index < -0.39 is 5.54 Å². The van der Waals surface area contributed by atoms with Crippen molar-refractivity contribution in [2.24, 2.45) is 11.7 Å². The topological polar surface area (TPSA) is 67.6 Å². The number of carbonyl (C=O) groups excluding carboxylic acids is 1. The van der Waals surface area contributed by atoms with Crippen molar-refractivity contribution in [3.8, 4) is 0 Å². The van der Waals surface area contributed by atoms with E-state index in [1.54, 1.807) is 0 Å². The van der Waals surface area contributed by atoms with Crippen LogP contribution in [-0.2, 0) is 9.53 Å². The highest BCUT2D eigenvalue weighted by Crippen LogP contribution is 2.28. The van der Waals surface area contributed by atoms with Gasteiger partial charge >= 0.3 is 0 Å². The quantitative estimate of drug-likeness (QED) is 0.504. The number of nitrogens with two attached hydrogens (primary N) is 1. The summed E-state index contributed by atoms with van der Waals surface area (Å²) in [5.41, 5.74) is 4.94. The zero-order valence-corrected chi connectivity index (χ0v) is 14.0. The van der Waals surface area contributed by atoms with E-state index >= 15 is 0 Å². The molecule has 3 N–H and O–H groups in total. The molecular formula is C16H33N3O2. The minimum Gasteiger partial charge on any atom is -0.380 e. The Kier molecular flexibility index (Phi) is 8.22. The fourth-order valence-electron chi connectivity index (χ4n) is 2.27. The van der Waals surface area contributed by atoms with Crippen LogP contribution in [0.1, 0.15) is 46.0 Å². The second kappa shape index (κ2) is 9.38. The lowest BCUT2D eigenvalue weighted by Crippen LogP contribution is -2.53. The maximum Gasteiger partial charge on any atom is 0.237 e. The van der Waals surface area contributed by atoms with Crippen LogP contribution >= 0.6 is 0 Å². The summed E-state index contributed by atoms with van der Waals surface area (Å²) < 4.78 is 5.64. The number of likely N-dealkylation sites (N-methyl/N-ethyl adjacent to an activating group) is 1. The van der Waals surface area contributed by atoms with Gasteiger partial charge in [0, 0.05) is 13.2 Å². The molecule has 0 spiro atoms. The van der Waals surface area contributed by atoms with E-state index in [1.165, 1.54) is 12.8 Å². The first kappa shape index (κ1) is 18.4. The van der Waals surface area contributed by atoms with Gasteiger partial charge in [-0.2, -0.15) is 0 Å². The van der Waals surface area contributed by atoms with Crippen molar-refractivity contribution in [2.75, 3.05) is 39.9 Å². The Bertz CT molecular complexity index is 308. The second-order valence-corrected chi connectivity index (χ2v) is 6.55. The number of nitrogens with zero attached hydrogens (tertiary/aromatic N) is 1. The Hall–Kier alpha value is -0.650. The van der Waals surface area contributed by atoms with Crippen LogP contribution in [-0.4, -0.2) is 56.2 Å². The number of nitrogens with one attached hydrogen (secondary N) is 1. The first-order valence-electron chi connectivity index (χ1n) is 8.29. The number of carbonyl (C=O) groups is 1. The summed E-state index contributed by atoms with van der Waals surface area (Å²) in [5.74, 6) is 0.572. The van der Waals surface area contributed by atoms with Gasteiger partial charge < -0.3 is 20.7 Å². The molecule has 0 aromatic rings. The fourth-order valence-corrected chi connectivity index (χ4v) is 2.27. The lowest BCUT2D eigenvalue weighted by Gasteiger charge is -2.28. The summed E-state index contributed by atoms with van der Waals surface area (Å²) >= 11 is 0. The Labute approximate surface area is 129 Å². The van der Waals surface area contributed by atoms with Crippen LogP contribution in [0.3, 0.4) is 0 Å². The molecule has 0 saturated heterocycles. The first-order valence-corrected chi connectivity index (χ1v) is 8.29. The minimum atomic E-state index is -0.584. The molecule has 0 aliphatic heterocycles. The molecule has 21 heavy (non-hydrogen) atoms. The van der Waals surface area contributed by atoms with Crippen LogP contribution < -0.4 is 11.1 Å². The Morgan fingerprint density at radius 3 is 2.71 bits per heavy atom. The van der Waals surface area contributed by atoms with E-state index in [9.17, 15) is 4.79 Å². The van der Waals surface area contributed by atoms with Gasteiger partial charge in [-0.15, -0.1) is 0 Å². The Morgan fingerprint density at radius 2 is 2.14 bits per heavy atom. The van der Waals surface area contributed by atoms with Crippen LogP contribution in [0.25, 0.3) is 0 Å². The van der Waals surface area contributed by atoms with E-state index in [-0.39, 0.29) is 5.91 Å². The molecule has 124 valence electrons. The molecular weight excluding hydrogens is 266 g/mol. The molecule has 1 rings (SSSR count).